The Hall–Kier alpha value is -0.850. The maximum atomic E-state index is 4.34. The van der Waals surface area contributed by atoms with Crippen LogP contribution in [0.15, 0.2) is 4.99 Å². The highest BCUT2D eigenvalue weighted by molar-refractivity contribution is 5.79. The van der Waals surface area contributed by atoms with E-state index < -0.39 is 0 Å². The van der Waals surface area contributed by atoms with Crippen LogP contribution < -0.4 is 10.6 Å². The molecule has 0 spiro atoms. The number of likely N-dealkylation sites (N-methyl/N-ethyl adjacent to an activating group) is 2. The summed E-state index contributed by atoms with van der Waals surface area (Å²) in [6, 6.07) is 0.555. The fourth-order valence-corrected chi connectivity index (χ4v) is 3.27. The van der Waals surface area contributed by atoms with E-state index in [-0.39, 0.29) is 0 Å². The molecule has 1 unspecified atom stereocenters. The Kier molecular flexibility index (Phi) is 7.42. The van der Waals surface area contributed by atoms with Gasteiger partial charge in [-0.1, -0.05) is 6.42 Å². The van der Waals surface area contributed by atoms with Crippen molar-refractivity contribution < 1.29 is 0 Å². The number of nitrogens with one attached hydrogen (secondary N) is 2. The van der Waals surface area contributed by atoms with Crippen molar-refractivity contribution in [3.8, 4) is 0 Å². The van der Waals surface area contributed by atoms with Crippen LogP contribution in [0.4, 0.5) is 0 Å². The zero-order valence-corrected chi connectivity index (χ0v) is 14.6. The van der Waals surface area contributed by atoms with E-state index in [0.717, 1.165) is 45.2 Å². The molecular weight excluding hydrogens is 276 g/mol. The van der Waals surface area contributed by atoms with Gasteiger partial charge in [-0.05, 0) is 40.0 Å². The third kappa shape index (κ3) is 5.74. The second-order valence-electron chi connectivity index (χ2n) is 6.68. The van der Waals surface area contributed by atoms with Crippen molar-refractivity contribution in [2.24, 2.45) is 4.99 Å². The van der Waals surface area contributed by atoms with Crippen LogP contribution in [0.3, 0.4) is 0 Å². The highest BCUT2D eigenvalue weighted by Gasteiger charge is 2.22. The molecule has 2 saturated heterocycles. The van der Waals surface area contributed by atoms with Gasteiger partial charge >= 0.3 is 0 Å². The first-order valence-electron chi connectivity index (χ1n) is 8.74. The van der Waals surface area contributed by atoms with Gasteiger partial charge in [0.15, 0.2) is 5.96 Å². The lowest BCUT2D eigenvalue weighted by Gasteiger charge is -2.38. The van der Waals surface area contributed by atoms with Crippen LogP contribution in [0, 0.1) is 0 Å². The molecule has 2 rings (SSSR count). The summed E-state index contributed by atoms with van der Waals surface area (Å²) >= 11 is 0. The molecule has 2 fully saturated rings. The molecule has 0 saturated carbocycles. The molecule has 128 valence electrons. The number of hydrogen-bond donors (Lipinski definition) is 2. The van der Waals surface area contributed by atoms with Crippen LogP contribution in [0.2, 0.25) is 0 Å². The summed E-state index contributed by atoms with van der Waals surface area (Å²) in [5.41, 5.74) is 0. The molecule has 22 heavy (non-hydrogen) atoms. The molecule has 0 amide bonds. The van der Waals surface area contributed by atoms with Crippen molar-refractivity contribution in [3.63, 3.8) is 0 Å². The fraction of sp³-hybridized carbons (Fsp3) is 0.938. The van der Waals surface area contributed by atoms with E-state index in [9.17, 15) is 0 Å². The van der Waals surface area contributed by atoms with Gasteiger partial charge in [0.05, 0.1) is 0 Å². The predicted molar refractivity (Wildman–Crippen MR) is 93.6 cm³/mol. The third-order valence-electron chi connectivity index (χ3n) is 4.88. The summed E-state index contributed by atoms with van der Waals surface area (Å²) in [6.45, 7) is 8.98. The predicted octanol–water partition coefficient (Wildman–Crippen LogP) is -0.117. The van der Waals surface area contributed by atoms with Gasteiger partial charge in [0.2, 0.25) is 0 Å². The maximum absolute atomic E-state index is 4.34. The van der Waals surface area contributed by atoms with E-state index in [2.05, 4.69) is 44.4 Å². The summed E-state index contributed by atoms with van der Waals surface area (Å²) in [7, 11) is 6.27. The molecule has 6 nitrogen and oxygen atoms in total. The van der Waals surface area contributed by atoms with E-state index in [1.54, 1.807) is 0 Å². The molecule has 0 aromatic carbocycles. The van der Waals surface area contributed by atoms with Crippen LogP contribution in [0.25, 0.3) is 0 Å². The molecule has 0 aromatic rings. The first-order chi connectivity index (χ1) is 10.7. The van der Waals surface area contributed by atoms with Crippen molar-refractivity contribution in [1.29, 1.82) is 0 Å². The fourth-order valence-electron chi connectivity index (χ4n) is 3.27. The SMILES string of the molecule is CN=C(NCCN1CCCCC1)NCC1CN(C)CCN1C. The number of nitrogens with zero attached hydrogens (tertiary/aromatic N) is 4. The van der Waals surface area contributed by atoms with Gasteiger partial charge in [-0.3, -0.25) is 9.89 Å². The zero-order chi connectivity index (χ0) is 15.8. The average Bonchev–Trinajstić information content (AvgIpc) is 2.54. The number of piperazine rings is 1. The summed E-state index contributed by atoms with van der Waals surface area (Å²) in [6.07, 6.45) is 4.11. The molecule has 2 aliphatic heterocycles. The molecule has 0 radical (unpaired) electrons. The number of rotatable bonds is 5. The van der Waals surface area contributed by atoms with Crippen LogP contribution in [0.5, 0.6) is 0 Å². The summed E-state index contributed by atoms with van der Waals surface area (Å²) in [5.74, 6) is 0.929. The molecule has 0 bridgehead atoms. The van der Waals surface area contributed by atoms with Gasteiger partial charge in [0, 0.05) is 52.4 Å². The quantitative estimate of drug-likeness (QED) is 0.548. The van der Waals surface area contributed by atoms with E-state index in [1.807, 2.05) is 7.05 Å². The van der Waals surface area contributed by atoms with Crippen LogP contribution in [-0.2, 0) is 0 Å². The van der Waals surface area contributed by atoms with Crippen molar-refractivity contribution >= 4 is 5.96 Å². The third-order valence-corrected chi connectivity index (χ3v) is 4.88. The smallest absolute Gasteiger partial charge is 0.191 e. The second kappa shape index (κ2) is 9.33. The Morgan fingerprint density at radius 1 is 1.05 bits per heavy atom. The minimum absolute atomic E-state index is 0.555. The van der Waals surface area contributed by atoms with Gasteiger partial charge in [-0.2, -0.15) is 0 Å². The van der Waals surface area contributed by atoms with Crippen LogP contribution >= 0.6 is 0 Å². The van der Waals surface area contributed by atoms with Gasteiger partial charge in [0.25, 0.3) is 0 Å². The average molecular weight is 310 g/mol. The molecule has 0 aromatic heterocycles. The number of guanidine groups is 1. The topological polar surface area (TPSA) is 46.1 Å². The first kappa shape index (κ1) is 17.5. The Labute approximate surface area is 135 Å². The van der Waals surface area contributed by atoms with E-state index in [4.69, 9.17) is 0 Å². The Balaban J connectivity index is 1.64. The minimum atomic E-state index is 0.555. The van der Waals surface area contributed by atoms with Gasteiger partial charge < -0.3 is 20.4 Å². The summed E-state index contributed by atoms with van der Waals surface area (Å²) in [5, 5.41) is 6.93. The van der Waals surface area contributed by atoms with Crippen molar-refractivity contribution in [2.75, 3.05) is 73.5 Å². The van der Waals surface area contributed by atoms with E-state index >= 15 is 0 Å². The second-order valence-corrected chi connectivity index (χ2v) is 6.68. The zero-order valence-electron chi connectivity index (χ0n) is 14.6. The minimum Gasteiger partial charge on any atom is -0.355 e. The molecule has 1 atom stereocenters. The molecule has 2 aliphatic rings. The summed E-state index contributed by atoms with van der Waals surface area (Å²) in [4.78, 5) is 11.7. The number of likely N-dealkylation sites (tertiary alicyclic amines) is 1. The lowest BCUT2D eigenvalue weighted by atomic mass is 10.1. The molecule has 2 N–H and O–H groups in total. The molecular formula is C16H34N6. The Morgan fingerprint density at radius 2 is 1.82 bits per heavy atom. The van der Waals surface area contributed by atoms with Gasteiger partial charge in [-0.25, -0.2) is 0 Å². The summed E-state index contributed by atoms with van der Waals surface area (Å²) < 4.78 is 0. The van der Waals surface area contributed by atoms with Crippen LogP contribution in [0.1, 0.15) is 19.3 Å². The van der Waals surface area contributed by atoms with Crippen molar-refractivity contribution in [3.05, 3.63) is 0 Å². The standard InChI is InChI=1S/C16H34N6/c1-17-16(18-7-10-22-8-5-4-6-9-22)19-13-15-14-20(2)11-12-21(15)3/h15H,4-14H2,1-3H3,(H2,17,18,19). The maximum Gasteiger partial charge on any atom is 0.191 e. The Morgan fingerprint density at radius 3 is 2.55 bits per heavy atom. The van der Waals surface area contributed by atoms with Crippen molar-refractivity contribution in [1.82, 2.24) is 25.3 Å². The normalized spacial score (nSPS) is 26.1. The molecule has 6 heteroatoms. The highest BCUT2D eigenvalue weighted by Crippen LogP contribution is 2.07. The lowest BCUT2D eigenvalue weighted by molar-refractivity contribution is 0.116. The molecule has 0 aliphatic carbocycles. The molecule has 2 heterocycles. The number of aliphatic imine (C=N–C) groups is 1. The van der Waals surface area contributed by atoms with Crippen molar-refractivity contribution in [2.45, 2.75) is 25.3 Å². The highest BCUT2D eigenvalue weighted by atomic mass is 15.3. The van der Waals surface area contributed by atoms with E-state index in [0.29, 0.717) is 6.04 Å². The largest absolute Gasteiger partial charge is 0.355 e. The monoisotopic (exact) mass is 310 g/mol. The van der Waals surface area contributed by atoms with Crippen LogP contribution in [-0.4, -0.2) is 100 Å². The Bertz CT molecular complexity index is 340. The van der Waals surface area contributed by atoms with E-state index in [1.165, 1.54) is 32.4 Å². The lowest BCUT2D eigenvalue weighted by Crippen LogP contribution is -2.55. The number of piperidine rings is 1. The number of hydrogen-bond acceptors (Lipinski definition) is 4. The van der Waals surface area contributed by atoms with Gasteiger partial charge in [0.1, 0.15) is 0 Å². The first-order valence-corrected chi connectivity index (χ1v) is 8.74. The van der Waals surface area contributed by atoms with Gasteiger partial charge in [-0.15, -0.1) is 0 Å².